The lowest BCUT2D eigenvalue weighted by Crippen LogP contribution is -2.13. The summed E-state index contributed by atoms with van der Waals surface area (Å²) in [5.41, 5.74) is 5.91. The van der Waals surface area contributed by atoms with E-state index < -0.39 is 11.7 Å². The summed E-state index contributed by atoms with van der Waals surface area (Å²) in [6.07, 6.45) is 5.06. The molecule has 0 aliphatic heterocycles. The predicted octanol–water partition coefficient (Wildman–Crippen LogP) is 4.72. The van der Waals surface area contributed by atoms with Crippen molar-refractivity contribution in [3.63, 3.8) is 0 Å². The fourth-order valence-corrected chi connectivity index (χ4v) is 4.05. The van der Waals surface area contributed by atoms with Gasteiger partial charge in [-0.05, 0) is 49.2 Å². The molecule has 0 spiro atoms. The average Bonchev–Trinajstić information content (AvgIpc) is 3.31. The van der Waals surface area contributed by atoms with Gasteiger partial charge in [-0.25, -0.2) is 13.8 Å². The van der Waals surface area contributed by atoms with Gasteiger partial charge in [-0.3, -0.25) is 4.79 Å². The molecule has 0 bridgehead atoms. The topological polar surface area (TPSA) is 77.2 Å². The molecule has 1 amide bonds. The van der Waals surface area contributed by atoms with Crippen molar-refractivity contribution < 1.29 is 18.3 Å². The molecule has 0 saturated heterocycles. The highest BCUT2D eigenvalue weighted by Gasteiger charge is 2.16. The number of nitrogens with one attached hydrogen (secondary N) is 1. The smallest absolute Gasteiger partial charge is 0.252 e. The zero-order valence-corrected chi connectivity index (χ0v) is 16.2. The van der Waals surface area contributed by atoms with Gasteiger partial charge in [0.2, 0.25) is 0 Å². The molecule has 1 aliphatic carbocycles. The molecule has 1 aromatic heterocycles. The highest BCUT2D eigenvalue weighted by Crippen LogP contribution is 2.29. The van der Waals surface area contributed by atoms with E-state index in [1.807, 2.05) is 0 Å². The number of methoxy groups -OCH3 is 1. The number of nitrogens with zero attached hydrogens (tertiary/aromatic N) is 1. The van der Waals surface area contributed by atoms with Crippen LogP contribution in [0.1, 0.15) is 36.0 Å². The first-order valence-corrected chi connectivity index (χ1v) is 9.74. The quantitative estimate of drug-likeness (QED) is 0.658. The molecule has 1 saturated carbocycles. The fraction of sp³-hybridized carbons (Fsp3) is 0.300. The van der Waals surface area contributed by atoms with Crippen LogP contribution < -0.4 is 15.8 Å². The zero-order chi connectivity index (χ0) is 20.1. The van der Waals surface area contributed by atoms with Gasteiger partial charge in [0.05, 0.1) is 22.9 Å². The second-order valence-corrected chi connectivity index (χ2v) is 7.50. The molecule has 148 valence electrons. The van der Waals surface area contributed by atoms with Crippen molar-refractivity contribution in [2.45, 2.75) is 31.7 Å². The molecule has 3 N–H and O–H groups in total. The number of anilines is 1. The molecule has 0 atom stereocenters. The lowest BCUT2D eigenvalue weighted by atomic mass is 10.2. The van der Waals surface area contributed by atoms with E-state index in [2.05, 4.69) is 10.3 Å². The number of aromatic nitrogens is 1. The van der Waals surface area contributed by atoms with Gasteiger partial charge in [-0.1, -0.05) is 24.2 Å². The van der Waals surface area contributed by atoms with E-state index in [1.165, 1.54) is 62.3 Å². The van der Waals surface area contributed by atoms with E-state index >= 15 is 0 Å². The summed E-state index contributed by atoms with van der Waals surface area (Å²) in [6.45, 7) is 0. The Labute approximate surface area is 165 Å². The summed E-state index contributed by atoms with van der Waals surface area (Å²) < 4.78 is 31.3. The standard InChI is InChI=1S/C12H13FN2S.C8H8FNO2/c13-8-5-6-10-11(7-8)16-12(15-10)14-9-3-1-2-4-9;1-12-7-3-2-5(9)4-6(7)8(10)11/h5-7,9H,1-4H2,(H,14,15);2-4H,1H3,(H2,10,11). The van der Waals surface area contributed by atoms with E-state index in [0.29, 0.717) is 6.04 Å². The van der Waals surface area contributed by atoms with Crippen LogP contribution in [-0.2, 0) is 0 Å². The minimum absolute atomic E-state index is 0.0532. The third kappa shape index (κ3) is 4.95. The second-order valence-electron chi connectivity index (χ2n) is 6.47. The molecule has 5 nitrogen and oxygen atoms in total. The summed E-state index contributed by atoms with van der Waals surface area (Å²) in [4.78, 5) is 15.2. The van der Waals surface area contributed by atoms with E-state index in [1.54, 1.807) is 12.1 Å². The number of hydrogen-bond donors (Lipinski definition) is 2. The summed E-state index contributed by atoms with van der Waals surface area (Å²) in [5.74, 6) is -1.12. The van der Waals surface area contributed by atoms with Gasteiger partial charge in [0.1, 0.15) is 17.4 Å². The second kappa shape index (κ2) is 8.97. The minimum atomic E-state index is -0.702. The molecule has 0 radical (unpaired) electrons. The number of amides is 1. The Balaban J connectivity index is 0.000000169. The van der Waals surface area contributed by atoms with Gasteiger partial charge in [0, 0.05) is 6.04 Å². The fourth-order valence-electron chi connectivity index (χ4n) is 3.08. The molecule has 1 aliphatic rings. The number of thiazole rings is 1. The van der Waals surface area contributed by atoms with Crippen molar-refractivity contribution in [3.05, 3.63) is 53.6 Å². The van der Waals surface area contributed by atoms with Crippen LogP contribution in [0.15, 0.2) is 36.4 Å². The molecule has 1 heterocycles. The molecular weight excluding hydrogens is 384 g/mol. The van der Waals surface area contributed by atoms with E-state index in [9.17, 15) is 13.6 Å². The van der Waals surface area contributed by atoms with Gasteiger partial charge in [-0.15, -0.1) is 0 Å². The first kappa shape index (κ1) is 20.0. The Morgan fingerprint density at radius 3 is 2.54 bits per heavy atom. The van der Waals surface area contributed by atoms with Crippen molar-refractivity contribution in [1.82, 2.24) is 4.98 Å². The van der Waals surface area contributed by atoms with Gasteiger partial charge in [0.15, 0.2) is 5.13 Å². The summed E-state index contributed by atoms with van der Waals surface area (Å²) in [7, 11) is 1.39. The number of halogens is 2. The third-order valence-electron chi connectivity index (χ3n) is 4.46. The number of rotatable bonds is 4. The largest absolute Gasteiger partial charge is 0.496 e. The first-order chi connectivity index (χ1) is 13.5. The van der Waals surface area contributed by atoms with Crippen LogP contribution in [0.25, 0.3) is 10.2 Å². The summed E-state index contributed by atoms with van der Waals surface area (Å²) in [6, 6.07) is 8.90. The first-order valence-electron chi connectivity index (χ1n) is 8.92. The molecule has 1 fully saturated rings. The van der Waals surface area contributed by atoms with Crippen LogP contribution in [0.5, 0.6) is 5.75 Å². The number of carbonyl (C=O) groups is 1. The van der Waals surface area contributed by atoms with Crippen molar-refractivity contribution in [2.24, 2.45) is 5.73 Å². The number of benzene rings is 2. The Kier molecular flexibility index (Phi) is 6.41. The highest BCUT2D eigenvalue weighted by atomic mass is 32.1. The number of primary amides is 1. The Morgan fingerprint density at radius 1 is 1.18 bits per heavy atom. The zero-order valence-electron chi connectivity index (χ0n) is 15.4. The van der Waals surface area contributed by atoms with E-state index in [-0.39, 0.29) is 17.1 Å². The summed E-state index contributed by atoms with van der Waals surface area (Å²) in [5, 5.41) is 4.36. The van der Waals surface area contributed by atoms with Crippen molar-refractivity contribution in [3.8, 4) is 5.75 Å². The maximum Gasteiger partial charge on any atom is 0.252 e. The molecule has 4 rings (SSSR count). The maximum atomic E-state index is 13.0. The molecule has 2 aromatic carbocycles. The molecular formula is C20H21F2N3O2S. The number of hydrogen-bond acceptors (Lipinski definition) is 5. The van der Waals surface area contributed by atoms with Crippen LogP contribution in [-0.4, -0.2) is 24.0 Å². The van der Waals surface area contributed by atoms with Crippen LogP contribution in [0.4, 0.5) is 13.9 Å². The van der Waals surface area contributed by atoms with Crippen molar-refractivity contribution in [2.75, 3.05) is 12.4 Å². The van der Waals surface area contributed by atoms with E-state index in [4.69, 9.17) is 10.5 Å². The van der Waals surface area contributed by atoms with E-state index in [0.717, 1.165) is 21.4 Å². The Morgan fingerprint density at radius 2 is 1.86 bits per heavy atom. The van der Waals surface area contributed by atoms with Crippen molar-refractivity contribution >= 4 is 32.6 Å². The molecule has 28 heavy (non-hydrogen) atoms. The molecule has 3 aromatic rings. The lowest BCUT2D eigenvalue weighted by Gasteiger charge is -2.09. The Bertz CT molecular complexity index is 971. The van der Waals surface area contributed by atoms with Gasteiger partial charge in [-0.2, -0.15) is 0 Å². The monoisotopic (exact) mass is 405 g/mol. The van der Waals surface area contributed by atoms with Crippen LogP contribution in [0, 0.1) is 11.6 Å². The Hall–Kier alpha value is -2.74. The predicted molar refractivity (Wildman–Crippen MR) is 107 cm³/mol. The van der Waals surface area contributed by atoms with Crippen LogP contribution in [0.3, 0.4) is 0 Å². The SMILES string of the molecule is COc1ccc(F)cc1C(N)=O.Fc1ccc2nc(NC3CCCC3)sc2c1. The molecule has 0 unspecified atom stereocenters. The number of fused-ring (bicyclic) bond motifs is 1. The van der Waals surface area contributed by atoms with Gasteiger partial charge >= 0.3 is 0 Å². The maximum absolute atomic E-state index is 13.0. The van der Waals surface area contributed by atoms with Crippen LogP contribution >= 0.6 is 11.3 Å². The van der Waals surface area contributed by atoms with Crippen LogP contribution in [0.2, 0.25) is 0 Å². The average molecular weight is 405 g/mol. The number of ether oxygens (including phenoxy) is 1. The van der Waals surface area contributed by atoms with Gasteiger partial charge < -0.3 is 15.8 Å². The number of nitrogens with two attached hydrogens (primary N) is 1. The normalized spacial score (nSPS) is 13.8. The summed E-state index contributed by atoms with van der Waals surface area (Å²) >= 11 is 1.54. The third-order valence-corrected chi connectivity index (χ3v) is 5.41. The minimum Gasteiger partial charge on any atom is -0.496 e. The molecule has 8 heteroatoms. The highest BCUT2D eigenvalue weighted by molar-refractivity contribution is 7.22. The number of carbonyl (C=O) groups excluding carboxylic acids is 1. The van der Waals surface area contributed by atoms with Gasteiger partial charge in [0.25, 0.3) is 5.91 Å². The lowest BCUT2D eigenvalue weighted by molar-refractivity contribution is 0.0997. The van der Waals surface area contributed by atoms with Crippen molar-refractivity contribution in [1.29, 1.82) is 0 Å².